The number of hydrogen-bond acceptors (Lipinski definition) is 3. The molecule has 1 aliphatic rings. The van der Waals surface area contributed by atoms with Crippen molar-refractivity contribution in [1.82, 2.24) is 10.6 Å². The van der Waals surface area contributed by atoms with Crippen molar-refractivity contribution in [2.75, 3.05) is 26.2 Å². The van der Waals surface area contributed by atoms with Crippen molar-refractivity contribution in [3.05, 3.63) is 35.9 Å². The van der Waals surface area contributed by atoms with Gasteiger partial charge in [0.1, 0.15) is 0 Å². The number of benzene rings is 1. The minimum absolute atomic E-state index is 0.125. The Kier molecular flexibility index (Phi) is 5.76. The third-order valence-electron chi connectivity index (χ3n) is 4.45. The van der Waals surface area contributed by atoms with Crippen LogP contribution in [0.5, 0.6) is 0 Å². The Morgan fingerprint density at radius 1 is 1.33 bits per heavy atom. The fourth-order valence-corrected chi connectivity index (χ4v) is 3.02. The summed E-state index contributed by atoms with van der Waals surface area (Å²) in [6.07, 6.45) is 2.38. The van der Waals surface area contributed by atoms with E-state index in [9.17, 15) is 4.79 Å². The van der Waals surface area contributed by atoms with E-state index in [1.807, 2.05) is 25.1 Å². The number of nitrogens with one attached hydrogen (secondary N) is 2. The zero-order valence-electron chi connectivity index (χ0n) is 12.8. The van der Waals surface area contributed by atoms with E-state index >= 15 is 0 Å². The van der Waals surface area contributed by atoms with Crippen LogP contribution >= 0.6 is 0 Å². The Labute approximate surface area is 126 Å². The topological polar surface area (TPSA) is 61.4 Å². The summed E-state index contributed by atoms with van der Waals surface area (Å²) in [4.78, 5) is 12.8. The first-order valence-electron chi connectivity index (χ1n) is 7.84. The van der Waals surface area contributed by atoms with Gasteiger partial charge in [0.15, 0.2) is 0 Å². The molecule has 21 heavy (non-hydrogen) atoms. The van der Waals surface area contributed by atoms with Crippen LogP contribution in [-0.2, 0) is 10.2 Å². The summed E-state index contributed by atoms with van der Waals surface area (Å²) >= 11 is 0. The standard InChI is InChI=1S/C17H26N2O2/c1-14(7-12-20)13-19-16(21)17(8-10-18-11-9-17)15-5-3-2-4-6-15/h2-6,14,18,20H,7-13H2,1H3,(H,19,21). The van der Waals surface area contributed by atoms with Crippen molar-refractivity contribution in [3.63, 3.8) is 0 Å². The largest absolute Gasteiger partial charge is 0.396 e. The molecular weight excluding hydrogens is 264 g/mol. The molecule has 0 aromatic heterocycles. The Bertz CT molecular complexity index is 441. The second-order valence-corrected chi connectivity index (χ2v) is 6.03. The van der Waals surface area contributed by atoms with Gasteiger partial charge in [0.05, 0.1) is 5.41 Å². The van der Waals surface area contributed by atoms with E-state index in [1.54, 1.807) is 0 Å². The van der Waals surface area contributed by atoms with Gasteiger partial charge >= 0.3 is 0 Å². The van der Waals surface area contributed by atoms with Gasteiger partial charge in [0.25, 0.3) is 0 Å². The Morgan fingerprint density at radius 3 is 2.62 bits per heavy atom. The van der Waals surface area contributed by atoms with Gasteiger partial charge in [-0.2, -0.15) is 0 Å². The number of carbonyl (C=O) groups is 1. The van der Waals surface area contributed by atoms with Crippen LogP contribution < -0.4 is 10.6 Å². The fraction of sp³-hybridized carbons (Fsp3) is 0.588. The lowest BCUT2D eigenvalue weighted by molar-refractivity contribution is -0.128. The van der Waals surface area contributed by atoms with Gasteiger partial charge in [-0.25, -0.2) is 0 Å². The van der Waals surface area contributed by atoms with Crippen molar-refractivity contribution in [1.29, 1.82) is 0 Å². The molecule has 1 aromatic carbocycles. The van der Waals surface area contributed by atoms with E-state index in [1.165, 1.54) is 0 Å². The Morgan fingerprint density at radius 2 is 2.00 bits per heavy atom. The zero-order valence-corrected chi connectivity index (χ0v) is 12.8. The summed E-state index contributed by atoms with van der Waals surface area (Å²) < 4.78 is 0. The second kappa shape index (κ2) is 7.57. The molecule has 1 fully saturated rings. The molecule has 2 rings (SSSR count). The molecule has 1 unspecified atom stereocenters. The van der Waals surface area contributed by atoms with Gasteiger partial charge in [-0.3, -0.25) is 4.79 Å². The van der Waals surface area contributed by atoms with E-state index in [-0.39, 0.29) is 12.5 Å². The normalized spacial score (nSPS) is 19.0. The van der Waals surface area contributed by atoms with Crippen LogP contribution in [0.3, 0.4) is 0 Å². The lowest BCUT2D eigenvalue weighted by Crippen LogP contribution is -2.51. The summed E-state index contributed by atoms with van der Waals surface area (Å²) in [6.45, 7) is 4.59. The average Bonchev–Trinajstić information content (AvgIpc) is 2.54. The smallest absolute Gasteiger partial charge is 0.230 e. The first-order chi connectivity index (χ1) is 10.2. The third-order valence-corrected chi connectivity index (χ3v) is 4.45. The van der Waals surface area contributed by atoms with E-state index in [0.717, 1.165) is 37.9 Å². The Balaban J connectivity index is 2.11. The average molecular weight is 290 g/mol. The minimum Gasteiger partial charge on any atom is -0.396 e. The van der Waals surface area contributed by atoms with Crippen molar-refractivity contribution in [3.8, 4) is 0 Å². The summed E-state index contributed by atoms with van der Waals surface area (Å²) in [6, 6.07) is 10.1. The SMILES string of the molecule is CC(CCO)CNC(=O)C1(c2ccccc2)CCNCC1. The van der Waals surface area contributed by atoms with Gasteiger partial charge < -0.3 is 15.7 Å². The quantitative estimate of drug-likeness (QED) is 0.743. The minimum atomic E-state index is -0.411. The molecule has 1 amide bonds. The van der Waals surface area contributed by atoms with Crippen LogP contribution in [0.25, 0.3) is 0 Å². The van der Waals surface area contributed by atoms with Crippen LogP contribution in [0.4, 0.5) is 0 Å². The monoisotopic (exact) mass is 290 g/mol. The number of hydrogen-bond donors (Lipinski definition) is 3. The number of aliphatic hydroxyl groups excluding tert-OH is 1. The maximum absolute atomic E-state index is 12.8. The van der Waals surface area contributed by atoms with Gasteiger partial charge in [-0.1, -0.05) is 37.3 Å². The van der Waals surface area contributed by atoms with Crippen molar-refractivity contribution in [2.45, 2.75) is 31.6 Å². The molecule has 4 heteroatoms. The number of aliphatic hydroxyl groups is 1. The van der Waals surface area contributed by atoms with Crippen LogP contribution in [-0.4, -0.2) is 37.3 Å². The molecule has 116 valence electrons. The van der Waals surface area contributed by atoms with Gasteiger partial charge in [0, 0.05) is 13.2 Å². The lowest BCUT2D eigenvalue weighted by atomic mass is 9.72. The van der Waals surface area contributed by atoms with Crippen LogP contribution in [0, 0.1) is 5.92 Å². The van der Waals surface area contributed by atoms with E-state index < -0.39 is 5.41 Å². The van der Waals surface area contributed by atoms with Crippen molar-refractivity contribution < 1.29 is 9.90 Å². The van der Waals surface area contributed by atoms with Crippen molar-refractivity contribution >= 4 is 5.91 Å². The highest BCUT2D eigenvalue weighted by Crippen LogP contribution is 2.33. The van der Waals surface area contributed by atoms with Gasteiger partial charge in [-0.15, -0.1) is 0 Å². The van der Waals surface area contributed by atoms with Gasteiger partial charge in [-0.05, 0) is 43.8 Å². The van der Waals surface area contributed by atoms with Crippen LogP contribution in [0.1, 0.15) is 31.7 Å². The van der Waals surface area contributed by atoms with Crippen molar-refractivity contribution in [2.24, 2.45) is 5.92 Å². The molecule has 0 aliphatic carbocycles. The number of amides is 1. The predicted molar refractivity (Wildman–Crippen MR) is 84.1 cm³/mol. The zero-order chi connectivity index (χ0) is 15.1. The summed E-state index contributed by atoms with van der Waals surface area (Å²) in [5.74, 6) is 0.425. The first-order valence-corrected chi connectivity index (χ1v) is 7.84. The molecule has 0 bridgehead atoms. The molecule has 1 heterocycles. The lowest BCUT2D eigenvalue weighted by Gasteiger charge is -2.37. The van der Waals surface area contributed by atoms with E-state index in [0.29, 0.717) is 12.5 Å². The predicted octanol–water partition coefficient (Wildman–Crippen LogP) is 1.44. The highest BCUT2D eigenvalue weighted by molar-refractivity contribution is 5.88. The number of carbonyl (C=O) groups excluding carboxylic acids is 1. The summed E-state index contributed by atoms with van der Waals surface area (Å²) in [5.41, 5.74) is 0.699. The molecule has 1 saturated heterocycles. The summed E-state index contributed by atoms with van der Waals surface area (Å²) in [5, 5.41) is 15.4. The molecular formula is C17H26N2O2. The highest BCUT2D eigenvalue weighted by Gasteiger charge is 2.40. The fourth-order valence-electron chi connectivity index (χ4n) is 3.02. The Hall–Kier alpha value is -1.39. The molecule has 0 radical (unpaired) electrons. The van der Waals surface area contributed by atoms with Crippen LogP contribution in [0.2, 0.25) is 0 Å². The molecule has 0 saturated carbocycles. The van der Waals surface area contributed by atoms with E-state index in [4.69, 9.17) is 5.11 Å². The highest BCUT2D eigenvalue weighted by atomic mass is 16.3. The van der Waals surface area contributed by atoms with Gasteiger partial charge in [0.2, 0.25) is 5.91 Å². The molecule has 0 spiro atoms. The molecule has 1 aliphatic heterocycles. The first kappa shape index (κ1) is 16.0. The molecule has 1 aromatic rings. The number of piperidine rings is 1. The second-order valence-electron chi connectivity index (χ2n) is 6.03. The maximum Gasteiger partial charge on any atom is 0.230 e. The molecule has 4 nitrogen and oxygen atoms in total. The molecule has 3 N–H and O–H groups in total. The van der Waals surface area contributed by atoms with Crippen LogP contribution in [0.15, 0.2) is 30.3 Å². The molecule has 1 atom stereocenters. The maximum atomic E-state index is 12.8. The summed E-state index contributed by atoms with van der Waals surface area (Å²) in [7, 11) is 0. The van der Waals surface area contributed by atoms with E-state index in [2.05, 4.69) is 22.8 Å². The third kappa shape index (κ3) is 3.83. The number of rotatable bonds is 6.